The molecule has 12 heteroatoms. The van der Waals surface area contributed by atoms with Crippen LogP contribution in [0.2, 0.25) is 10.0 Å². The molecular weight excluding hydrogens is 647 g/mol. The molecule has 46 heavy (non-hydrogen) atoms. The first-order chi connectivity index (χ1) is 21.8. The molecule has 5 rings (SSSR count). The summed E-state index contributed by atoms with van der Waals surface area (Å²) in [5, 5.41) is 6.81. The first kappa shape index (κ1) is 34.4. The lowest BCUT2D eigenvalue weighted by molar-refractivity contribution is 0.0527. The van der Waals surface area contributed by atoms with Gasteiger partial charge in [-0.2, -0.15) is 0 Å². The van der Waals surface area contributed by atoms with Gasteiger partial charge in [-0.1, -0.05) is 41.4 Å². The number of hydrogen-bond donors (Lipinski definition) is 2. The second-order valence-electron chi connectivity index (χ2n) is 13.0. The van der Waals surface area contributed by atoms with Crippen molar-refractivity contribution in [2.45, 2.75) is 88.0 Å². The fourth-order valence-corrected chi connectivity index (χ4v) is 7.30. The van der Waals surface area contributed by atoms with Gasteiger partial charge in [-0.3, -0.25) is 4.98 Å². The van der Waals surface area contributed by atoms with Crippen LogP contribution in [0.1, 0.15) is 70.4 Å². The van der Waals surface area contributed by atoms with Crippen molar-refractivity contribution in [2.24, 2.45) is 0 Å². The Morgan fingerprint density at radius 1 is 1.07 bits per heavy atom. The Labute approximate surface area is 282 Å². The SMILES string of the molecule is CN(CCCCNC(=O)OC(C)(C)C)S(=O)(=O)c1cc(CNC2(c3cnccc3-c3ccccc3OC3CC3)CC2)c(Cl)cc1Cl. The van der Waals surface area contributed by atoms with Crippen molar-refractivity contribution in [2.75, 3.05) is 20.1 Å². The molecule has 2 aliphatic rings. The van der Waals surface area contributed by atoms with Gasteiger partial charge in [0.2, 0.25) is 10.0 Å². The highest BCUT2D eigenvalue weighted by molar-refractivity contribution is 7.89. The zero-order chi connectivity index (χ0) is 33.1. The van der Waals surface area contributed by atoms with Crippen LogP contribution in [0.25, 0.3) is 11.1 Å². The van der Waals surface area contributed by atoms with Gasteiger partial charge in [0.05, 0.1) is 11.1 Å². The van der Waals surface area contributed by atoms with Crippen LogP contribution in [0, 0.1) is 0 Å². The predicted octanol–water partition coefficient (Wildman–Crippen LogP) is 7.30. The molecule has 0 unspecified atom stereocenters. The minimum atomic E-state index is -3.90. The molecule has 0 aliphatic heterocycles. The molecule has 1 amide bonds. The van der Waals surface area contributed by atoms with Crippen molar-refractivity contribution in [1.29, 1.82) is 0 Å². The number of unbranched alkanes of at least 4 members (excludes halogenated alkanes) is 1. The number of ether oxygens (including phenoxy) is 2. The molecule has 9 nitrogen and oxygen atoms in total. The van der Waals surface area contributed by atoms with E-state index in [1.165, 1.54) is 17.4 Å². The van der Waals surface area contributed by atoms with E-state index >= 15 is 0 Å². The molecule has 3 aromatic rings. The van der Waals surface area contributed by atoms with Gasteiger partial charge in [0, 0.05) is 55.2 Å². The number of benzene rings is 2. The molecule has 248 valence electrons. The minimum Gasteiger partial charge on any atom is -0.490 e. The number of carbonyl (C=O) groups excluding carboxylic acids is 1. The molecule has 0 bridgehead atoms. The number of pyridine rings is 1. The quantitative estimate of drug-likeness (QED) is 0.171. The number of amides is 1. The topological polar surface area (TPSA) is 110 Å². The summed E-state index contributed by atoms with van der Waals surface area (Å²) in [7, 11) is -2.38. The van der Waals surface area contributed by atoms with Crippen molar-refractivity contribution in [1.82, 2.24) is 19.9 Å². The Balaban J connectivity index is 1.26. The summed E-state index contributed by atoms with van der Waals surface area (Å²) in [6.45, 7) is 6.35. The maximum Gasteiger partial charge on any atom is 0.407 e. The van der Waals surface area contributed by atoms with Gasteiger partial charge in [0.25, 0.3) is 0 Å². The Bertz CT molecular complexity index is 1670. The molecule has 2 fully saturated rings. The smallest absolute Gasteiger partial charge is 0.407 e. The van der Waals surface area contributed by atoms with Crippen molar-refractivity contribution >= 4 is 39.3 Å². The minimum absolute atomic E-state index is 0.00260. The molecule has 2 saturated carbocycles. The summed E-state index contributed by atoms with van der Waals surface area (Å²) in [5.41, 5.74) is 2.88. The van der Waals surface area contributed by atoms with E-state index in [1.807, 2.05) is 30.5 Å². The first-order valence-corrected chi connectivity index (χ1v) is 17.9. The maximum absolute atomic E-state index is 13.6. The van der Waals surface area contributed by atoms with Gasteiger partial charge < -0.3 is 20.1 Å². The van der Waals surface area contributed by atoms with Crippen molar-refractivity contribution in [3.05, 3.63) is 76.0 Å². The first-order valence-electron chi connectivity index (χ1n) is 15.7. The van der Waals surface area contributed by atoms with Crippen LogP contribution in [0.15, 0.2) is 59.8 Å². The van der Waals surface area contributed by atoms with Crippen LogP contribution >= 0.6 is 23.2 Å². The molecule has 0 radical (unpaired) electrons. The number of sulfonamides is 1. The summed E-state index contributed by atoms with van der Waals surface area (Å²) >= 11 is 13.1. The number of aromatic nitrogens is 1. The van der Waals surface area contributed by atoms with Crippen molar-refractivity contribution in [3.8, 4) is 16.9 Å². The highest BCUT2D eigenvalue weighted by atomic mass is 35.5. The molecule has 2 N–H and O–H groups in total. The van der Waals surface area contributed by atoms with Crippen LogP contribution in [-0.2, 0) is 26.8 Å². The fourth-order valence-electron chi connectivity index (χ4n) is 5.26. The number of alkyl carbamates (subject to hydrolysis) is 1. The van der Waals surface area contributed by atoms with Crippen LogP contribution in [0.4, 0.5) is 4.79 Å². The standard InChI is InChI=1S/C34H42Cl2N4O5S/c1-33(2,3)45-32(41)38-16-7-8-18-40(4)46(42,43)31-19-23(28(35)20-29(31)36)21-39-34(14-15-34)27-22-37-17-13-25(27)26-9-5-6-10-30(26)44-24-11-12-24/h5-6,9-10,13,17,19-20,22,24,39H,7-8,11-12,14-16,18,21H2,1-4H3,(H,38,41). The van der Waals surface area contributed by atoms with E-state index in [1.54, 1.807) is 33.0 Å². The lowest BCUT2D eigenvalue weighted by Gasteiger charge is -2.23. The van der Waals surface area contributed by atoms with Gasteiger partial charge >= 0.3 is 6.09 Å². The fraction of sp³-hybridized carbons (Fsp3) is 0.471. The third-order valence-corrected chi connectivity index (χ3v) is 10.7. The van der Waals surface area contributed by atoms with E-state index in [0.29, 0.717) is 36.5 Å². The average Bonchev–Trinajstić information content (AvgIpc) is 3.93. The number of hydrogen-bond acceptors (Lipinski definition) is 7. The molecule has 1 heterocycles. The predicted molar refractivity (Wildman–Crippen MR) is 181 cm³/mol. The zero-order valence-corrected chi connectivity index (χ0v) is 29.1. The van der Waals surface area contributed by atoms with Crippen LogP contribution in [0.3, 0.4) is 0 Å². The maximum atomic E-state index is 13.6. The molecular formula is C34H42Cl2N4O5S. The number of nitrogens with one attached hydrogen (secondary N) is 2. The van der Waals surface area contributed by atoms with E-state index in [2.05, 4.69) is 21.7 Å². The number of nitrogens with zero attached hydrogens (tertiary/aromatic N) is 2. The van der Waals surface area contributed by atoms with Crippen LogP contribution in [0.5, 0.6) is 5.75 Å². The second kappa shape index (κ2) is 14.1. The summed E-state index contributed by atoms with van der Waals surface area (Å²) in [5.74, 6) is 0.868. The van der Waals surface area contributed by atoms with E-state index in [-0.39, 0.29) is 28.1 Å². The molecule has 2 aromatic carbocycles. The van der Waals surface area contributed by atoms with Gasteiger partial charge in [-0.05, 0) is 100 Å². The van der Waals surface area contributed by atoms with Gasteiger partial charge in [-0.25, -0.2) is 17.5 Å². The molecule has 2 aliphatic carbocycles. The molecule has 1 aromatic heterocycles. The Morgan fingerprint density at radius 2 is 1.80 bits per heavy atom. The third-order valence-electron chi connectivity index (χ3n) is 8.06. The number of carbonyl (C=O) groups is 1. The van der Waals surface area contributed by atoms with Crippen LogP contribution in [-0.4, -0.2) is 55.6 Å². The molecule has 0 saturated heterocycles. The van der Waals surface area contributed by atoms with Gasteiger partial charge in [0.1, 0.15) is 16.2 Å². The van der Waals surface area contributed by atoms with E-state index < -0.39 is 21.7 Å². The third kappa shape index (κ3) is 8.52. The number of para-hydroxylation sites is 1. The zero-order valence-electron chi connectivity index (χ0n) is 26.7. The molecule has 0 spiro atoms. The Hall–Kier alpha value is -2.89. The Kier molecular flexibility index (Phi) is 10.5. The van der Waals surface area contributed by atoms with E-state index in [9.17, 15) is 13.2 Å². The molecule has 0 atom stereocenters. The lowest BCUT2D eigenvalue weighted by atomic mass is 9.94. The lowest BCUT2D eigenvalue weighted by Crippen LogP contribution is -2.33. The monoisotopic (exact) mass is 688 g/mol. The number of halogens is 2. The van der Waals surface area contributed by atoms with Crippen molar-refractivity contribution in [3.63, 3.8) is 0 Å². The normalized spacial score (nSPS) is 15.9. The van der Waals surface area contributed by atoms with Crippen LogP contribution < -0.4 is 15.4 Å². The largest absolute Gasteiger partial charge is 0.490 e. The highest BCUT2D eigenvalue weighted by Crippen LogP contribution is 2.50. The highest BCUT2D eigenvalue weighted by Gasteiger charge is 2.46. The van der Waals surface area contributed by atoms with Crippen molar-refractivity contribution < 1.29 is 22.7 Å². The van der Waals surface area contributed by atoms with E-state index in [0.717, 1.165) is 48.1 Å². The van der Waals surface area contributed by atoms with Gasteiger partial charge in [0.15, 0.2) is 0 Å². The summed E-state index contributed by atoms with van der Waals surface area (Å²) < 4.78 is 39.9. The number of rotatable bonds is 14. The Morgan fingerprint density at radius 3 is 2.50 bits per heavy atom. The summed E-state index contributed by atoms with van der Waals surface area (Å²) in [6, 6.07) is 13.2. The second-order valence-corrected chi connectivity index (χ2v) is 15.8. The summed E-state index contributed by atoms with van der Waals surface area (Å²) in [6.07, 6.45) is 8.55. The average molecular weight is 690 g/mol. The van der Waals surface area contributed by atoms with Gasteiger partial charge in [-0.15, -0.1) is 0 Å². The summed E-state index contributed by atoms with van der Waals surface area (Å²) in [4.78, 5) is 16.3. The van der Waals surface area contributed by atoms with E-state index in [4.69, 9.17) is 32.7 Å².